The maximum atomic E-state index is 15.2. The van der Waals surface area contributed by atoms with Crippen LogP contribution in [0.2, 0.25) is 0 Å². The number of benzene rings is 8. The monoisotopic (exact) mass is 1480 g/mol. The topological polar surface area (TPSA) is 452 Å². The number of carboxylic acids is 8. The van der Waals surface area contributed by atoms with Crippen molar-refractivity contribution >= 4 is 94.1 Å². The minimum atomic E-state index is -1.51. The Morgan fingerprint density at radius 2 is 0.389 bits per heavy atom. The fourth-order valence-corrected chi connectivity index (χ4v) is 12.0. The van der Waals surface area contributed by atoms with Crippen LogP contribution in [-0.4, -0.2) is 139 Å². The second kappa shape index (κ2) is 35.4. The number of hydrogen-bond donors (Lipinski definition) is 12. The highest BCUT2D eigenvalue weighted by Gasteiger charge is 2.30. The highest BCUT2D eigenvalue weighted by molar-refractivity contribution is 6.10. The van der Waals surface area contributed by atoms with E-state index in [9.17, 15) is 79.2 Å². The van der Waals surface area contributed by atoms with Gasteiger partial charge in [-0.15, -0.1) is 0 Å². The fourth-order valence-electron chi connectivity index (χ4n) is 12.0. The van der Waals surface area contributed by atoms with Crippen LogP contribution in [0, 0.1) is 0 Å². The van der Waals surface area contributed by atoms with Crippen molar-refractivity contribution in [3.05, 3.63) is 233 Å². The Morgan fingerprint density at radius 3 is 0.519 bits per heavy atom. The number of anilines is 4. The molecule has 0 atom stereocenters. The molecule has 0 unspecified atom stereocenters. The molecule has 0 fully saturated rings. The van der Waals surface area contributed by atoms with Crippen molar-refractivity contribution in [2.24, 2.45) is 0 Å². The summed E-state index contributed by atoms with van der Waals surface area (Å²) in [5, 5.41) is 91.3. The molecule has 0 saturated heterocycles. The predicted octanol–water partition coefficient (Wildman–Crippen LogP) is 13.7. The van der Waals surface area contributed by atoms with E-state index in [1.807, 2.05) is 27.7 Å². The largest absolute Gasteiger partial charge is 0.493 e. The molecule has 0 spiro atoms. The molecule has 8 bridgehead atoms. The van der Waals surface area contributed by atoms with E-state index in [1.54, 1.807) is 0 Å². The minimum absolute atomic E-state index is 0.0433. The number of fused-ring (bicyclic) bond motifs is 8. The summed E-state index contributed by atoms with van der Waals surface area (Å²) in [4.78, 5) is 160. The SMILES string of the molecule is CCCCOc1c2cc(C(=O)Nc3cc(C(=O)O)cc(C(=O)O)c3)cc1Cc1cc(C(=O)Nc3cc(C(=O)O)cc(C(=O)O)c3)cc(c1OCCCC)Cc1cc(C(=O)Nc3cc(C(=O)O)cc(C(=O)O)c3)cc(c1OCCCC)Cc1cc(C(=O)Nc3cc(C(=O)O)cc(C(=O)O)c3)cc(c1OCCCC)C2. The molecule has 0 saturated carbocycles. The van der Waals surface area contributed by atoms with Crippen molar-refractivity contribution in [1.29, 1.82) is 0 Å². The number of carbonyl (C=O) groups excluding carboxylic acids is 4. The van der Waals surface area contributed by atoms with Crippen molar-refractivity contribution in [1.82, 2.24) is 0 Å². The molecule has 0 aliphatic heterocycles. The van der Waals surface area contributed by atoms with Crippen molar-refractivity contribution < 1.29 is 117 Å². The van der Waals surface area contributed by atoms with Gasteiger partial charge in [0.1, 0.15) is 23.0 Å². The zero-order valence-electron chi connectivity index (χ0n) is 59.0. The van der Waals surface area contributed by atoms with Gasteiger partial charge in [0.05, 0.1) is 70.9 Å². The molecule has 0 aromatic heterocycles. The summed E-state index contributed by atoms with van der Waals surface area (Å²) in [6.07, 6.45) is 3.00. The van der Waals surface area contributed by atoms with Crippen LogP contribution >= 0.6 is 0 Å². The normalized spacial score (nSPS) is 11.4. The van der Waals surface area contributed by atoms with E-state index >= 15 is 19.2 Å². The molecule has 1 aliphatic carbocycles. The Hall–Kier alpha value is -13.4. The van der Waals surface area contributed by atoms with Gasteiger partial charge in [0, 0.05) is 70.7 Å². The molecular formula is C80H76N4O24. The second-order valence-electron chi connectivity index (χ2n) is 25.5. The van der Waals surface area contributed by atoms with Crippen LogP contribution < -0.4 is 40.2 Å². The number of hydrogen-bond acceptors (Lipinski definition) is 16. The van der Waals surface area contributed by atoms with Gasteiger partial charge < -0.3 is 81.1 Å². The summed E-state index contributed by atoms with van der Waals surface area (Å²) in [5.41, 5.74) is -3.66. The third kappa shape index (κ3) is 19.7. The van der Waals surface area contributed by atoms with E-state index in [0.717, 1.165) is 72.8 Å². The lowest BCUT2D eigenvalue weighted by atomic mass is 9.88. The van der Waals surface area contributed by atoms with Crippen molar-refractivity contribution in [3.63, 3.8) is 0 Å². The highest BCUT2D eigenvalue weighted by Crippen LogP contribution is 2.42. The molecule has 1 aliphatic rings. The molecule has 8 aromatic rings. The Balaban J connectivity index is 1.42. The number of rotatable bonds is 32. The quantitative estimate of drug-likeness (QED) is 0.0174. The number of unbranched alkanes of at least 4 members (excludes halogenated alkanes) is 4. The highest BCUT2D eigenvalue weighted by atomic mass is 16.5. The predicted molar refractivity (Wildman–Crippen MR) is 392 cm³/mol. The molecule has 28 heteroatoms. The van der Waals surface area contributed by atoms with Gasteiger partial charge in [-0.25, -0.2) is 38.4 Å². The van der Waals surface area contributed by atoms with Crippen molar-refractivity contribution in [3.8, 4) is 23.0 Å². The van der Waals surface area contributed by atoms with Gasteiger partial charge in [-0.1, -0.05) is 53.4 Å². The van der Waals surface area contributed by atoms with Gasteiger partial charge in [0.2, 0.25) is 0 Å². The van der Waals surface area contributed by atoms with Crippen LogP contribution in [0.1, 0.15) is 248 Å². The van der Waals surface area contributed by atoms with Crippen LogP contribution in [-0.2, 0) is 25.7 Å². The molecule has 9 rings (SSSR count). The summed E-state index contributed by atoms with van der Waals surface area (Å²) >= 11 is 0. The maximum absolute atomic E-state index is 15.2. The van der Waals surface area contributed by atoms with Gasteiger partial charge in [0.25, 0.3) is 23.6 Å². The van der Waals surface area contributed by atoms with Gasteiger partial charge in [-0.2, -0.15) is 0 Å². The summed E-state index contributed by atoms with van der Waals surface area (Å²) < 4.78 is 27.4. The molecular weight excluding hydrogens is 1400 g/mol. The third-order valence-electron chi connectivity index (χ3n) is 17.3. The van der Waals surface area contributed by atoms with E-state index < -0.39 is 116 Å². The number of aromatic carboxylic acids is 8. The summed E-state index contributed by atoms with van der Waals surface area (Å²) in [6, 6.07) is 23.7. The van der Waals surface area contributed by atoms with Gasteiger partial charge >= 0.3 is 47.8 Å². The van der Waals surface area contributed by atoms with Gasteiger partial charge in [0.15, 0.2) is 0 Å². The van der Waals surface area contributed by atoms with E-state index in [4.69, 9.17) is 18.9 Å². The molecule has 0 heterocycles. The summed E-state index contributed by atoms with van der Waals surface area (Å²) in [5.74, 6) is -15.2. The third-order valence-corrected chi connectivity index (χ3v) is 17.3. The first kappa shape index (κ1) is 78.7. The smallest absolute Gasteiger partial charge is 0.335 e. The summed E-state index contributed by atoms with van der Waals surface area (Å²) in [7, 11) is 0. The Kier molecular flexibility index (Phi) is 25.8. The van der Waals surface area contributed by atoms with E-state index in [2.05, 4.69) is 21.3 Å². The first-order valence-electron chi connectivity index (χ1n) is 34.4. The average Bonchev–Trinajstić information content (AvgIpc) is 0.765. The van der Waals surface area contributed by atoms with Crippen molar-refractivity contribution in [2.75, 3.05) is 47.7 Å². The molecule has 28 nitrogen and oxygen atoms in total. The lowest BCUT2D eigenvalue weighted by Gasteiger charge is -2.25. The molecule has 0 radical (unpaired) electrons. The van der Waals surface area contributed by atoms with Crippen LogP contribution in [0.5, 0.6) is 23.0 Å². The number of carbonyl (C=O) groups is 12. The van der Waals surface area contributed by atoms with Crippen LogP contribution in [0.15, 0.2) is 121 Å². The van der Waals surface area contributed by atoms with E-state index in [1.165, 1.54) is 48.5 Å². The average molecular weight is 1480 g/mol. The molecule has 4 amide bonds. The Bertz CT molecular complexity index is 4130. The van der Waals surface area contributed by atoms with E-state index in [0.29, 0.717) is 51.4 Å². The second-order valence-corrected chi connectivity index (χ2v) is 25.5. The molecule has 8 aromatic carbocycles. The fraction of sp³-hybridized carbons (Fsp3) is 0.250. The maximum Gasteiger partial charge on any atom is 0.335 e. The standard InChI is InChI=1S/C80H76N4O24/c1-5-9-13-105-65-41-17-43-23-50(70(86)82-62-35-55(75(93)94)30-56(36-62)76(95)96)25-45(66(43)106-14-10-6-2)19-47-27-52(72(88)84-64-39-59(79(101)102)32-60(40-64)80(103)104)28-48(68(47)108-16-12-8-4)20-46-26-51(71(87)83-63-37-57(77(97)98)31-58(38-63)78(99)100)24-44(67(46)107-15-11-7-3)18-42(65)22-49(21-41)69(85)81-61-33-53(73(89)90)29-54(34-61)74(91)92/h21-40H,5-20H2,1-4H3,(H,81,85)(H,82,86)(H,83,87)(H,84,88)(H,89,90)(H,91,92)(H,93,94)(H,95,96)(H,97,98)(H,99,100)(H,101,102)(H,103,104). The number of ether oxygens (including phenoxy) is 4. The number of carboxylic acid groups (broad SMARTS) is 8. The van der Waals surface area contributed by atoms with Gasteiger partial charge in [-0.3, -0.25) is 19.2 Å². The summed E-state index contributed by atoms with van der Waals surface area (Å²) in [6.45, 7) is 7.83. The van der Waals surface area contributed by atoms with Crippen molar-refractivity contribution in [2.45, 2.75) is 105 Å². The Morgan fingerprint density at radius 1 is 0.241 bits per heavy atom. The first-order valence-corrected chi connectivity index (χ1v) is 34.4. The Labute approximate surface area is 616 Å². The number of amides is 4. The lowest BCUT2D eigenvalue weighted by Crippen LogP contribution is -2.18. The van der Waals surface area contributed by atoms with Gasteiger partial charge in [-0.05, 0) is 192 Å². The lowest BCUT2D eigenvalue weighted by molar-refractivity contribution is 0.0676. The van der Waals surface area contributed by atoms with E-state index in [-0.39, 0.29) is 165 Å². The van der Waals surface area contributed by atoms with Crippen LogP contribution in [0.4, 0.5) is 22.7 Å². The zero-order chi connectivity index (χ0) is 78.2. The molecule has 560 valence electrons. The zero-order valence-corrected chi connectivity index (χ0v) is 59.0. The first-order chi connectivity index (χ1) is 51.5. The number of nitrogens with one attached hydrogen (secondary N) is 4. The molecule has 12 N–H and O–H groups in total. The minimum Gasteiger partial charge on any atom is -0.493 e. The van der Waals surface area contributed by atoms with Crippen LogP contribution in [0.25, 0.3) is 0 Å². The van der Waals surface area contributed by atoms with Crippen LogP contribution in [0.3, 0.4) is 0 Å². The molecule has 108 heavy (non-hydrogen) atoms.